The summed E-state index contributed by atoms with van der Waals surface area (Å²) in [7, 11) is -3.71. The van der Waals surface area contributed by atoms with Crippen LogP contribution in [0.1, 0.15) is 100 Å². The Labute approximate surface area is 249 Å². The lowest BCUT2D eigenvalue weighted by Gasteiger charge is -2.23. The molecule has 3 rings (SSSR count). The highest BCUT2D eigenvalue weighted by Gasteiger charge is 2.28. The van der Waals surface area contributed by atoms with Crippen molar-refractivity contribution in [3.8, 4) is 5.75 Å². The third-order valence-corrected chi connectivity index (χ3v) is 9.61. The van der Waals surface area contributed by atoms with Crippen LogP contribution in [0, 0.1) is 13.8 Å². The first kappa shape index (κ1) is 32.8. The molecule has 224 valence electrons. The average molecular weight is 580 g/mol. The number of pyridine rings is 1. The van der Waals surface area contributed by atoms with Gasteiger partial charge in [0.25, 0.3) is 0 Å². The van der Waals surface area contributed by atoms with Gasteiger partial charge >= 0.3 is 0 Å². The van der Waals surface area contributed by atoms with Crippen LogP contribution in [0.15, 0.2) is 71.8 Å². The Balaban J connectivity index is 1.61. The summed E-state index contributed by atoms with van der Waals surface area (Å²) in [5.41, 5.74) is 4.00. The normalized spacial score (nSPS) is 11.7. The molecule has 2 aromatic carbocycles. The van der Waals surface area contributed by atoms with Crippen molar-refractivity contribution in [3.05, 3.63) is 89.2 Å². The van der Waals surface area contributed by atoms with Crippen LogP contribution in [-0.2, 0) is 29.7 Å². The summed E-state index contributed by atoms with van der Waals surface area (Å²) >= 11 is 0. The topological polar surface area (TPSA) is 50.5 Å². The zero-order valence-corrected chi connectivity index (χ0v) is 26.6. The molecular weight excluding hydrogens is 528 g/mol. The van der Waals surface area contributed by atoms with Gasteiger partial charge in [0, 0.05) is 18.7 Å². The van der Waals surface area contributed by atoms with E-state index in [1.807, 2.05) is 68.6 Å². The number of rotatable bonds is 19. The lowest BCUT2D eigenvalue weighted by Crippen LogP contribution is -2.41. The molecule has 5 nitrogen and oxygen atoms in total. The molecule has 0 N–H and O–H groups in total. The van der Waals surface area contributed by atoms with E-state index >= 15 is 0 Å². The van der Waals surface area contributed by atoms with Crippen LogP contribution in [0.25, 0.3) is 0 Å². The van der Waals surface area contributed by atoms with E-state index in [1.165, 1.54) is 57.8 Å². The van der Waals surface area contributed by atoms with Crippen molar-refractivity contribution in [2.45, 2.75) is 116 Å². The van der Waals surface area contributed by atoms with Gasteiger partial charge in [0.1, 0.15) is 12.3 Å². The van der Waals surface area contributed by atoms with Gasteiger partial charge in [-0.3, -0.25) is 0 Å². The van der Waals surface area contributed by atoms with Crippen molar-refractivity contribution >= 4 is 10.0 Å². The van der Waals surface area contributed by atoms with E-state index in [1.54, 1.807) is 16.4 Å². The molecule has 1 aromatic heterocycles. The molecule has 0 aliphatic carbocycles. The lowest BCUT2D eigenvalue weighted by atomic mass is 10.1. The average Bonchev–Trinajstić information content (AvgIpc) is 2.97. The first-order chi connectivity index (χ1) is 19.8. The maximum absolute atomic E-state index is 13.8. The molecule has 0 bridgehead atoms. The van der Waals surface area contributed by atoms with Gasteiger partial charge in [-0.05, 0) is 62.6 Å². The first-order valence-electron chi connectivity index (χ1n) is 15.6. The van der Waals surface area contributed by atoms with E-state index in [0.717, 1.165) is 41.1 Å². The Morgan fingerprint density at radius 2 is 1.41 bits per heavy atom. The Kier molecular flexibility index (Phi) is 13.8. The molecule has 0 saturated carbocycles. The van der Waals surface area contributed by atoms with Crippen LogP contribution in [0.2, 0.25) is 0 Å². The molecule has 0 aliphatic heterocycles. The summed E-state index contributed by atoms with van der Waals surface area (Å²) in [6, 6.07) is 19.1. The quantitative estimate of drug-likeness (QED) is 0.106. The van der Waals surface area contributed by atoms with Crippen molar-refractivity contribution in [1.82, 2.24) is 4.31 Å². The van der Waals surface area contributed by atoms with Gasteiger partial charge in [0.05, 0.1) is 18.0 Å². The fraction of sp³-hybridized carbons (Fsp3) is 0.514. The molecular formula is C35H51N2O3S+. The summed E-state index contributed by atoms with van der Waals surface area (Å²) in [6.45, 7) is 10.4. The SMILES string of the molecule is CCCCCCCCCCCCOc1ccc(CN(Cc2cccc[n+]2CC)S(=O)(=O)c2ccc(C)cc2)c(C)c1. The molecule has 0 aliphatic rings. The maximum Gasteiger partial charge on any atom is 0.243 e. The van der Waals surface area contributed by atoms with Gasteiger partial charge in [0.15, 0.2) is 11.9 Å². The minimum Gasteiger partial charge on any atom is -0.494 e. The number of benzene rings is 2. The van der Waals surface area contributed by atoms with Gasteiger partial charge in [-0.2, -0.15) is 4.31 Å². The number of hydrogen-bond acceptors (Lipinski definition) is 3. The molecule has 1 heterocycles. The Morgan fingerprint density at radius 1 is 0.756 bits per heavy atom. The number of sulfonamides is 1. The minimum atomic E-state index is -3.71. The second-order valence-corrected chi connectivity index (χ2v) is 13.1. The van der Waals surface area contributed by atoms with Gasteiger partial charge in [0.2, 0.25) is 10.0 Å². The lowest BCUT2D eigenvalue weighted by molar-refractivity contribution is -0.701. The monoisotopic (exact) mass is 579 g/mol. The molecule has 0 spiro atoms. The number of aryl methyl sites for hydroxylation is 3. The van der Waals surface area contributed by atoms with Crippen LogP contribution in [0.4, 0.5) is 0 Å². The number of aromatic nitrogens is 1. The van der Waals surface area contributed by atoms with Crippen molar-refractivity contribution in [2.24, 2.45) is 0 Å². The molecule has 41 heavy (non-hydrogen) atoms. The molecule has 0 fully saturated rings. The molecule has 0 unspecified atom stereocenters. The molecule has 3 aromatic rings. The van der Waals surface area contributed by atoms with Crippen LogP contribution in [0.3, 0.4) is 0 Å². The van der Waals surface area contributed by atoms with Gasteiger partial charge < -0.3 is 4.74 Å². The fourth-order valence-corrected chi connectivity index (χ4v) is 6.52. The Bertz CT molecular complexity index is 1290. The Morgan fingerprint density at radius 3 is 2.05 bits per heavy atom. The smallest absolute Gasteiger partial charge is 0.243 e. The molecule has 0 saturated heterocycles. The van der Waals surface area contributed by atoms with Gasteiger partial charge in [-0.1, -0.05) is 94.5 Å². The minimum absolute atomic E-state index is 0.291. The maximum atomic E-state index is 13.8. The second-order valence-electron chi connectivity index (χ2n) is 11.2. The van der Waals surface area contributed by atoms with Crippen LogP contribution < -0.4 is 9.30 Å². The third kappa shape index (κ3) is 10.6. The molecule has 0 atom stereocenters. The van der Waals surface area contributed by atoms with E-state index in [-0.39, 0.29) is 0 Å². The highest BCUT2D eigenvalue weighted by atomic mass is 32.2. The Hall–Kier alpha value is -2.70. The van der Waals surface area contributed by atoms with Crippen molar-refractivity contribution in [1.29, 1.82) is 0 Å². The summed E-state index contributed by atoms with van der Waals surface area (Å²) in [5, 5.41) is 0. The van der Waals surface area contributed by atoms with Gasteiger partial charge in [-0.25, -0.2) is 13.0 Å². The van der Waals surface area contributed by atoms with E-state index < -0.39 is 10.0 Å². The summed E-state index contributed by atoms with van der Waals surface area (Å²) < 4.78 is 37.4. The van der Waals surface area contributed by atoms with Gasteiger partial charge in [-0.15, -0.1) is 0 Å². The summed E-state index contributed by atoms with van der Waals surface area (Å²) in [5.74, 6) is 0.849. The van der Waals surface area contributed by atoms with E-state index in [9.17, 15) is 8.42 Å². The highest BCUT2D eigenvalue weighted by Crippen LogP contribution is 2.25. The van der Waals surface area contributed by atoms with Crippen molar-refractivity contribution in [3.63, 3.8) is 0 Å². The fourth-order valence-electron chi connectivity index (χ4n) is 5.13. The van der Waals surface area contributed by atoms with Crippen LogP contribution in [0.5, 0.6) is 5.75 Å². The van der Waals surface area contributed by atoms with Crippen molar-refractivity contribution in [2.75, 3.05) is 6.61 Å². The standard InChI is InChI=1S/C35H51N2O3S/c1-5-7-8-9-10-11-12-13-14-17-26-40-34-22-21-32(31(4)27-34)28-37(29-33-18-15-16-25-36(33)6-2)41(38,39)35-23-19-30(3)20-24-35/h15-16,18-25,27H,5-14,17,26,28-29H2,1-4H3/q+1. The highest BCUT2D eigenvalue weighted by molar-refractivity contribution is 7.89. The zero-order valence-electron chi connectivity index (χ0n) is 25.8. The largest absolute Gasteiger partial charge is 0.494 e. The first-order valence-corrected chi connectivity index (χ1v) is 17.1. The second kappa shape index (κ2) is 17.3. The van der Waals surface area contributed by atoms with E-state index in [0.29, 0.717) is 24.6 Å². The van der Waals surface area contributed by atoms with Crippen LogP contribution >= 0.6 is 0 Å². The van der Waals surface area contributed by atoms with Crippen LogP contribution in [-0.4, -0.2) is 19.3 Å². The number of ether oxygens (including phenoxy) is 1. The molecule has 0 amide bonds. The number of unbranched alkanes of at least 4 members (excludes halogenated alkanes) is 9. The third-order valence-electron chi connectivity index (χ3n) is 7.80. The number of hydrogen-bond donors (Lipinski definition) is 0. The summed E-state index contributed by atoms with van der Waals surface area (Å²) in [6.07, 6.45) is 15.0. The molecule has 6 heteroatoms. The predicted octanol–water partition coefficient (Wildman–Crippen LogP) is 8.30. The van der Waals surface area contributed by atoms with E-state index in [4.69, 9.17) is 4.74 Å². The van der Waals surface area contributed by atoms with Crippen molar-refractivity contribution < 1.29 is 17.7 Å². The zero-order chi connectivity index (χ0) is 29.5. The molecule has 0 radical (unpaired) electrons. The van der Waals surface area contributed by atoms with E-state index in [2.05, 4.69) is 18.4 Å². The number of nitrogens with zero attached hydrogens (tertiary/aromatic N) is 2. The predicted molar refractivity (Wildman–Crippen MR) is 168 cm³/mol. The summed E-state index contributed by atoms with van der Waals surface area (Å²) in [4.78, 5) is 0.316.